The average molecular weight is 299 g/mol. The van der Waals surface area contributed by atoms with Gasteiger partial charge in [0.05, 0.1) is 5.69 Å². The Morgan fingerprint density at radius 2 is 2.09 bits per heavy atom. The quantitative estimate of drug-likeness (QED) is 0.684. The SMILES string of the molecule is CC(=O)O/N=C1/CCc2nonc2/C1=N/Nc1ccccc1. The van der Waals surface area contributed by atoms with Crippen molar-refractivity contribution in [1.82, 2.24) is 10.3 Å². The summed E-state index contributed by atoms with van der Waals surface area (Å²) in [4.78, 5) is 15.7. The first-order chi connectivity index (χ1) is 10.7. The maximum absolute atomic E-state index is 10.9. The van der Waals surface area contributed by atoms with Gasteiger partial charge in [-0.3, -0.25) is 5.43 Å². The maximum Gasteiger partial charge on any atom is 0.331 e. The molecule has 0 aliphatic heterocycles. The van der Waals surface area contributed by atoms with Crippen molar-refractivity contribution in [2.24, 2.45) is 10.3 Å². The summed E-state index contributed by atoms with van der Waals surface area (Å²) in [6.45, 7) is 1.29. The van der Waals surface area contributed by atoms with Crippen LogP contribution in [0.1, 0.15) is 24.7 Å². The number of aryl methyl sites for hydroxylation is 1. The normalized spacial score (nSPS) is 17.3. The largest absolute Gasteiger partial charge is 0.331 e. The summed E-state index contributed by atoms with van der Waals surface area (Å²) in [5, 5.41) is 15.8. The van der Waals surface area contributed by atoms with Crippen molar-refractivity contribution in [1.29, 1.82) is 0 Å². The van der Waals surface area contributed by atoms with Gasteiger partial charge < -0.3 is 4.84 Å². The molecule has 1 aromatic carbocycles. The van der Waals surface area contributed by atoms with Gasteiger partial charge in [-0.2, -0.15) is 5.10 Å². The lowest BCUT2D eigenvalue weighted by Gasteiger charge is -2.12. The molecule has 1 N–H and O–H groups in total. The number of oxime groups is 1. The maximum atomic E-state index is 10.9. The predicted molar refractivity (Wildman–Crippen MR) is 78.4 cm³/mol. The van der Waals surface area contributed by atoms with E-state index in [2.05, 4.69) is 26.0 Å². The Balaban J connectivity index is 1.92. The minimum Gasteiger partial charge on any atom is -0.318 e. The molecular formula is C14H13N5O3. The molecule has 2 aromatic rings. The third kappa shape index (κ3) is 3.00. The molecule has 1 aliphatic rings. The van der Waals surface area contributed by atoms with Crippen LogP contribution < -0.4 is 5.43 Å². The molecule has 0 radical (unpaired) electrons. The molecule has 8 nitrogen and oxygen atoms in total. The van der Waals surface area contributed by atoms with E-state index in [9.17, 15) is 4.79 Å². The summed E-state index contributed by atoms with van der Waals surface area (Å²) in [5.74, 6) is -0.494. The highest BCUT2D eigenvalue weighted by atomic mass is 16.7. The minimum absolute atomic E-state index is 0.451. The van der Waals surface area contributed by atoms with Crippen molar-refractivity contribution in [2.45, 2.75) is 19.8 Å². The van der Waals surface area contributed by atoms with Crippen LogP contribution in [0.4, 0.5) is 5.69 Å². The Morgan fingerprint density at radius 3 is 2.86 bits per heavy atom. The van der Waals surface area contributed by atoms with Gasteiger partial charge in [0.2, 0.25) is 0 Å². The van der Waals surface area contributed by atoms with Crippen LogP contribution in [0.15, 0.2) is 45.2 Å². The van der Waals surface area contributed by atoms with Crippen molar-refractivity contribution in [3.05, 3.63) is 41.7 Å². The van der Waals surface area contributed by atoms with Crippen molar-refractivity contribution in [2.75, 3.05) is 5.43 Å². The van der Waals surface area contributed by atoms with Gasteiger partial charge in [-0.05, 0) is 17.3 Å². The molecule has 0 saturated carbocycles. The number of hydrazone groups is 1. The van der Waals surface area contributed by atoms with Crippen LogP contribution in [0.5, 0.6) is 0 Å². The molecule has 0 bridgehead atoms. The molecule has 112 valence electrons. The molecule has 0 atom stereocenters. The summed E-state index contributed by atoms with van der Waals surface area (Å²) in [5.41, 5.74) is 5.90. The molecular weight excluding hydrogens is 286 g/mol. The summed E-state index contributed by atoms with van der Waals surface area (Å²) in [6.07, 6.45) is 1.13. The number of rotatable bonds is 3. The predicted octanol–water partition coefficient (Wildman–Crippen LogP) is 1.75. The molecule has 0 fully saturated rings. The van der Waals surface area contributed by atoms with E-state index >= 15 is 0 Å². The zero-order valence-electron chi connectivity index (χ0n) is 11.8. The number of benzene rings is 1. The second-order valence-electron chi connectivity index (χ2n) is 4.62. The number of fused-ring (bicyclic) bond motifs is 1. The van der Waals surface area contributed by atoms with E-state index in [-0.39, 0.29) is 0 Å². The van der Waals surface area contributed by atoms with E-state index in [0.717, 1.165) is 5.69 Å². The number of hydrogen-bond donors (Lipinski definition) is 1. The van der Waals surface area contributed by atoms with E-state index < -0.39 is 5.97 Å². The van der Waals surface area contributed by atoms with Gasteiger partial charge in [-0.15, -0.1) is 0 Å². The van der Waals surface area contributed by atoms with E-state index in [1.807, 2.05) is 30.3 Å². The Bertz CT molecular complexity index is 736. The van der Waals surface area contributed by atoms with Gasteiger partial charge in [0.25, 0.3) is 0 Å². The summed E-state index contributed by atoms with van der Waals surface area (Å²) in [6, 6.07) is 9.43. The Labute approximate surface area is 125 Å². The zero-order chi connectivity index (χ0) is 15.4. The smallest absolute Gasteiger partial charge is 0.318 e. The molecule has 0 unspecified atom stereocenters. The number of nitrogens with one attached hydrogen (secondary N) is 1. The van der Waals surface area contributed by atoms with E-state index in [4.69, 9.17) is 9.47 Å². The second-order valence-corrected chi connectivity index (χ2v) is 4.62. The summed E-state index contributed by atoms with van der Waals surface area (Å²) < 4.78 is 4.75. The van der Waals surface area contributed by atoms with E-state index in [1.165, 1.54) is 6.92 Å². The topological polar surface area (TPSA) is 102 Å². The lowest BCUT2D eigenvalue weighted by molar-refractivity contribution is -0.140. The van der Waals surface area contributed by atoms with Gasteiger partial charge in [0.1, 0.15) is 17.1 Å². The lowest BCUT2D eigenvalue weighted by atomic mass is 9.97. The third-order valence-electron chi connectivity index (χ3n) is 3.01. The number of aromatic nitrogens is 2. The lowest BCUT2D eigenvalue weighted by Crippen LogP contribution is -2.25. The van der Waals surface area contributed by atoms with Crippen molar-refractivity contribution >= 4 is 23.1 Å². The standard InChI is InChI=1S/C14H13N5O3/c1-9(20)21-17-11-7-8-12-14(19-22-18-12)13(11)16-15-10-5-3-2-4-6-10/h2-6,15H,7-8H2,1H3/b16-13+,17-11-. The highest BCUT2D eigenvalue weighted by Crippen LogP contribution is 2.18. The van der Waals surface area contributed by atoms with Crippen LogP contribution in [0, 0.1) is 0 Å². The van der Waals surface area contributed by atoms with E-state index in [0.29, 0.717) is 35.7 Å². The fourth-order valence-electron chi connectivity index (χ4n) is 2.00. The number of hydrogen-bond acceptors (Lipinski definition) is 8. The van der Waals surface area contributed by atoms with Crippen LogP contribution in [-0.4, -0.2) is 27.7 Å². The molecule has 1 aromatic heterocycles. The highest BCUT2D eigenvalue weighted by molar-refractivity contribution is 6.48. The first kappa shape index (κ1) is 13.9. The van der Waals surface area contributed by atoms with E-state index in [1.54, 1.807) is 0 Å². The fraction of sp³-hybridized carbons (Fsp3) is 0.214. The molecule has 3 rings (SSSR count). The van der Waals surface area contributed by atoms with Crippen molar-refractivity contribution in [3.8, 4) is 0 Å². The number of carbonyl (C=O) groups is 1. The second kappa shape index (κ2) is 6.17. The molecule has 0 saturated heterocycles. The van der Waals surface area contributed by atoms with Crippen LogP contribution in [0.3, 0.4) is 0 Å². The number of carbonyl (C=O) groups excluding carboxylic acids is 1. The highest BCUT2D eigenvalue weighted by Gasteiger charge is 2.27. The number of nitrogens with zero attached hydrogens (tertiary/aromatic N) is 4. The first-order valence-electron chi connectivity index (χ1n) is 6.69. The zero-order valence-corrected chi connectivity index (χ0v) is 11.8. The molecule has 8 heteroatoms. The van der Waals surface area contributed by atoms with Crippen LogP contribution >= 0.6 is 0 Å². The molecule has 1 heterocycles. The van der Waals surface area contributed by atoms with Crippen LogP contribution in [0.25, 0.3) is 0 Å². The van der Waals surface area contributed by atoms with Crippen molar-refractivity contribution in [3.63, 3.8) is 0 Å². The number of para-hydroxylation sites is 1. The van der Waals surface area contributed by atoms with Gasteiger partial charge in [0.15, 0.2) is 5.69 Å². The van der Waals surface area contributed by atoms with Crippen LogP contribution in [0.2, 0.25) is 0 Å². The molecule has 22 heavy (non-hydrogen) atoms. The molecule has 1 aliphatic carbocycles. The molecule has 0 amide bonds. The number of anilines is 1. The van der Waals surface area contributed by atoms with Gasteiger partial charge >= 0.3 is 5.97 Å². The third-order valence-corrected chi connectivity index (χ3v) is 3.01. The summed E-state index contributed by atoms with van der Waals surface area (Å²) >= 11 is 0. The monoisotopic (exact) mass is 299 g/mol. The molecule has 0 spiro atoms. The van der Waals surface area contributed by atoms with Crippen LogP contribution in [-0.2, 0) is 16.1 Å². The minimum atomic E-state index is -0.494. The first-order valence-corrected chi connectivity index (χ1v) is 6.69. The van der Waals surface area contributed by atoms with Crippen molar-refractivity contribution < 1.29 is 14.3 Å². The Morgan fingerprint density at radius 1 is 1.27 bits per heavy atom. The van der Waals surface area contributed by atoms with Gasteiger partial charge in [-0.25, -0.2) is 9.42 Å². The average Bonchev–Trinajstić information content (AvgIpc) is 3.00. The Kier molecular flexibility index (Phi) is 3.90. The fourth-order valence-corrected chi connectivity index (χ4v) is 2.00. The summed E-state index contributed by atoms with van der Waals surface area (Å²) in [7, 11) is 0. The van der Waals surface area contributed by atoms with Gasteiger partial charge in [0, 0.05) is 19.8 Å². The Hall–Kier alpha value is -3.03. The van der Waals surface area contributed by atoms with Gasteiger partial charge in [-0.1, -0.05) is 28.5 Å².